The molecule has 1 heterocycles. The minimum atomic E-state index is -0.650. The number of nitrogens with one attached hydrogen (secondary N) is 1. The molecule has 1 atom stereocenters. The summed E-state index contributed by atoms with van der Waals surface area (Å²) in [7, 11) is 3.09. The van der Waals surface area contributed by atoms with Gasteiger partial charge in [0.05, 0.1) is 20.1 Å². The molecule has 0 unspecified atom stereocenters. The summed E-state index contributed by atoms with van der Waals surface area (Å²) in [5.41, 5.74) is 0.801. The molecule has 130 valence electrons. The van der Waals surface area contributed by atoms with Gasteiger partial charge in [0.15, 0.2) is 0 Å². The summed E-state index contributed by atoms with van der Waals surface area (Å²) in [4.78, 5) is 39.5. The summed E-state index contributed by atoms with van der Waals surface area (Å²) in [5, 5.41) is 2.56. The first-order valence-electron chi connectivity index (χ1n) is 7.86. The molecule has 1 aromatic rings. The topological polar surface area (TPSA) is 79.0 Å². The lowest BCUT2D eigenvalue weighted by Gasteiger charge is -2.40. The van der Waals surface area contributed by atoms with Crippen LogP contribution in [0.2, 0.25) is 0 Å². The van der Waals surface area contributed by atoms with Crippen molar-refractivity contribution in [3.8, 4) is 5.75 Å². The van der Waals surface area contributed by atoms with E-state index in [4.69, 9.17) is 4.74 Å². The van der Waals surface area contributed by atoms with Crippen molar-refractivity contribution in [1.82, 2.24) is 15.1 Å². The molecule has 2 rings (SSSR count). The molecule has 0 saturated carbocycles. The molecule has 7 heteroatoms. The fraction of sp³-hybridized carbons (Fsp3) is 0.471. The van der Waals surface area contributed by atoms with Gasteiger partial charge in [0.25, 0.3) is 0 Å². The molecule has 1 N–H and O–H groups in total. The lowest BCUT2D eigenvalue weighted by molar-refractivity contribution is -0.146. The van der Waals surface area contributed by atoms with Gasteiger partial charge in [0, 0.05) is 32.6 Å². The first kappa shape index (κ1) is 17.8. The van der Waals surface area contributed by atoms with Crippen LogP contribution in [-0.2, 0) is 20.8 Å². The number of carbonyl (C=O) groups excluding carboxylic acids is 3. The molecule has 1 aliphatic heterocycles. The fourth-order valence-corrected chi connectivity index (χ4v) is 2.90. The second kappa shape index (κ2) is 7.81. The van der Waals surface area contributed by atoms with Crippen LogP contribution in [0.5, 0.6) is 5.75 Å². The zero-order valence-electron chi connectivity index (χ0n) is 14.2. The Morgan fingerprint density at radius 2 is 1.96 bits per heavy atom. The van der Waals surface area contributed by atoms with E-state index in [0.29, 0.717) is 18.8 Å². The molecular weight excluding hydrogens is 310 g/mol. The maximum Gasteiger partial charge on any atom is 0.244 e. The van der Waals surface area contributed by atoms with Crippen LogP contribution in [0.4, 0.5) is 0 Å². The van der Waals surface area contributed by atoms with Crippen LogP contribution >= 0.6 is 0 Å². The molecule has 0 spiro atoms. The summed E-state index contributed by atoms with van der Waals surface area (Å²) in [6.45, 7) is 2.40. The van der Waals surface area contributed by atoms with Gasteiger partial charge in [0.1, 0.15) is 11.8 Å². The van der Waals surface area contributed by atoms with E-state index in [1.54, 1.807) is 12.0 Å². The Labute approximate surface area is 141 Å². The van der Waals surface area contributed by atoms with Crippen LogP contribution < -0.4 is 10.1 Å². The molecule has 3 amide bonds. The Hall–Kier alpha value is -2.57. The number of para-hydroxylation sites is 1. The second-order valence-electron chi connectivity index (χ2n) is 5.67. The predicted molar refractivity (Wildman–Crippen MR) is 88.5 cm³/mol. The highest BCUT2D eigenvalue weighted by molar-refractivity contribution is 5.88. The molecule has 0 bridgehead atoms. The smallest absolute Gasteiger partial charge is 0.244 e. The van der Waals surface area contributed by atoms with Gasteiger partial charge in [-0.15, -0.1) is 0 Å². The van der Waals surface area contributed by atoms with E-state index in [-0.39, 0.29) is 30.7 Å². The quantitative estimate of drug-likeness (QED) is 0.844. The molecule has 24 heavy (non-hydrogen) atoms. The van der Waals surface area contributed by atoms with Crippen molar-refractivity contribution in [3.63, 3.8) is 0 Å². The Morgan fingerprint density at radius 3 is 2.58 bits per heavy atom. The Morgan fingerprint density at radius 1 is 1.25 bits per heavy atom. The van der Waals surface area contributed by atoms with Gasteiger partial charge >= 0.3 is 0 Å². The van der Waals surface area contributed by atoms with Gasteiger partial charge in [-0.05, 0) is 6.07 Å². The third kappa shape index (κ3) is 3.84. The third-order valence-corrected chi connectivity index (χ3v) is 4.22. The summed E-state index contributed by atoms with van der Waals surface area (Å²) in [5.74, 6) is 0.146. The minimum Gasteiger partial charge on any atom is -0.496 e. The zero-order chi connectivity index (χ0) is 17.7. The van der Waals surface area contributed by atoms with Gasteiger partial charge in [-0.2, -0.15) is 0 Å². The molecule has 1 saturated heterocycles. The molecular formula is C17H23N3O4. The standard InChI is InChI=1S/C17H23N3O4/c1-12(21)20-9-8-19(11-14(20)17(23)18-2)16(22)10-13-6-4-5-7-15(13)24-3/h4-7,14H,8-11H2,1-3H3,(H,18,23)/t14-/m0/s1. The Kier molecular flexibility index (Phi) is 5.78. The van der Waals surface area contributed by atoms with Gasteiger partial charge < -0.3 is 19.9 Å². The zero-order valence-corrected chi connectivity index (χ0v) is 14.2. The summed E-state index contributed by atoms with van der Waals surface area (Å²) < 4.78 is 5.27. The molecule has 0 aliphatic carbocycles. The van der Waals surface area contributed by atoms with Crippen LogP contribution in [0, 0.1) is 0 Å². The second-order valence-corrected chi connectivity index (χ2v) is 5.67. The van der Waals surface area contributed by atoms with Crippen LogP contribution in [0.3, 0.4) is 0 Å². The molecule has 1 aliphatic rings. The van der Waals surface area contributed by atoms with Crippen LogP contribution in [-0.4, -0.2) is 67.4 Å². The first-order valence-corrected chi connectivity index (χ1v) is 7.86. The number of likely N-dealkylation sites (N-methyl/N-ethyl adjacent to an activating group) is 1. The summed E-state index contributed by atoms with van der Waals surface area (Å²) in [6.07, 6.45) is 0.199. The maximum absolute atomic E-state index is 12.6. The third-order valence-electron chi connectivity index (χ3n) is 4.22. The molecule has 1 aromatic carbocycles. The highest BCUT2D eigenvalue weighted by Gasteiger charge is 2.35. The normalized spacial score (nSPS) is 17.4. The lowest BCUT2D eigenvalue weighted by atomic mass is 10.1. The van der Waals surface area contributed by atoms with Crippen molar-refractivity contribution in [2.75, 3.05) is 33.8 Å². The van der Waals surface area contributed by atoms with Crippen molar-refractivity contribution in [1.29, 1.82) is 0 Å². The number of carbonyl (C=O) groups is 3. The molecule has 7 nitrogen and oxygen atoms in total. The number of nitrogens with zero attached hydrogens (tertiary/aromatic N) is 2. The van der Waals surface area contributed by atoms with Crippen LogP contribution in [0.25, 0.3) is 0 Å². The number of amides is 3. The van der Waals surface area contributed by atoms with Crippen LogP contribution in [0.1, 0.15) is 12.5 Å². The van der Waals surface area contributed by atoms with E-state index in [0.717, 1.165) is 5.56 Å². The lowest BCUT2D eigenvalue weighted by Crippen LogP contribution is -2.61. The van der Waals surface area contributed by atoms with Crippen molar-refractivity contribution in [3.05, 3.63) is 29.8 Å². The van der Waals surface area contributed by atoms with E-state index in [9.17, 15) is 14.4 Å². The average molecular weight is 333 g/mol. The number of methoxy groups -OCH3 is 1. The van der Waals surface area contributed by atoms with Gasteiger partial charge in [-0.1, -0.05) is 18.2 Å². The molecule has 1 fully saturated rings. The fourth-order valence-electron chi connectivity index (χ4n) is 2.90. The van der Waals surface area contributed by atoms with E-state index < -0.39 is 6.04 Å². The number of hydrogen-bond donors (Lipinski definition) is 1. The SMILES string of the molecule is CNC(=O)[C@@H]1CN(C(=O)Cc2ccccc2OC)CCN1C(C)=O. The maximum atomic E-state index is 12.6. The monoisotopic (exact) mass is 333 g/mol. The molecule has 0 aromatic heterocycles. The van der Waals surface area contributed by atoms with Crippen molar-refractivity contribution in [2.24, 2.45) is 0 Å². The Bertz CT molecular complexity index is 632. The van der Waals surface area contributed by atoms with Gasteiger partial charge in [-0.25, -0.2) is 0 Å². The number of benzene rings is 1. The van der Waals surface area contributed by atoms with E-state index in [1.165, 1.54) is 18.9 Å². The highest BCUT2D eigenvalue weighted by Crippen LogP contribution is 2.19. The first-order chi connectivity index (χ1) is 11.5. The average Bonchev–Trinajstić information content (AvgIpc) is 2.60. The largest absolute Gasteiger partial charge is 0.496 e. The summed E-state index contributed by atoms with van der Waals surface area (Å²) in [6, 6.07) is 6.71. The highest BCUT2D eigenvalue weighted by atomic mass is 16.5. The minimum absolute atomic E-state index is 0.0865. The van der Waals surface area contributed by atoms with E-state index in [1.807, 2.05) is 24.3 Å². The van der Waals surface area contributed by atoms with E-state index >= 15 is 0 Å². The van der Waals surface area contributed by atoms with E-state index in [2.05, 4.69) is 5.32 Å². The molecule has 0 radical (unpaired) electrons. The van der Waals surface area contributed by atoms with Gasteiger partial charge in [-0.3, -0.25) is 14.4 Å². The van der Waals surface area contributed by atoms with Crippen LogP contribution in [0.15, 0.2) is 24.3 Å². The number of rotatable bonds is 4. The summed E-state index contributed by atoms with van der Waals surface area (Å²) >= 11 is 0. The number of ether oxygens (including phenoxy) is 1. The van der Waals surface area contributed by atoms with Crippen molar-refractivity contribution < 1.29 is 19.1 Å². The predicted octanol–water partition coefficient (Wildman–Crippen LogP) is 0.0430. The number of piperazine rings is 1. The van der Waals surface area contributed by atoms with Crippen molar-refractivity contribution >= 4 is 17.7 Å². The van der Waals surface area contributed by atoms with Crippen molar-refractivity contribution in [2.45, 2.75) is 19.4 Å². The Balaban J connectivity index is 2.10. The number of hydrogen-bond acceptors (Lipinski definition) is 4. The van der Waals surface area contributed by atoms with Gasteiger partial charge in [0.2, 0.25) is 17.7 Å².